The number of carbonyl (C=O) groups excluding carboxylic acids is 1. The fourth-order valence-electron chi connectivity index (χ4n) is 3.03. The highest BCUT2D eigenvalue weighted by atomic mass is 79.9. The average Bonchev–Trinajstić information content (AvgIpc) is 2.97. The fourth-order valence-corrected chi connectivity index (χ4v) is 4.54. The molecule has 1 N–H and O–H groups in total. The molecule has 3 rings (SSSR count). The van der Waals surface area contributed by atoms with Crippen molar-refractivity contribution in [1.82, 2.24) is 9.99 Å². The largest absolute Gasteiger partial charge is 0.318 e. The molecule has 1 heterocycles. The molecule has 1 amide bonds. The van der Waals surface area contributed by atoms with E-state index in [2.05, 4.69) is 31.0 Å². The van der Waals surface area contributed by atoms with Crippen molar-refractivity contribution in [2.45, 2.75) is 19.6 Å². The van der Waals surface area contributed by atoms with Gasteiger partial charge in [0, 0.05) is 32.9 Å². The molecule has 0 spiro atoms. The number of aryl methyl sites for hydroxylation is 1. The predicted molar refractivity (Wildman–Crippen MR) is 131 cm³/mol. The van der Waals surface area contributed by atoms with Gasteiger partial charge in [-0.25, -0.2) is 5.43 Å². The van der Waals surface area contributed by atoms with Crippen LogP contribution in [-0.4, -0.2) is 22.4 Å². The van der Waals surface area contributed by atoms with Crippen LogP contribution in [0.25, 0.3) is 5.69 Å². The standard InChI is InChI=1S/C22H20BrCl2N3OS/c1-14-8-17(15(2)28(14)19-6-7-20(24)21(25)10-19)11-26-27-22(29)13-30-12-16-4-3-5-18(23)9-16/h3-11H,12-13H2,1-2H3,(H,27,29)/b26-11+. The maximum atomic E-state index is 12.1. The molecule has 156 valence electrons. The number of hydrogen-bond donors (Lipinski definition) is 1. The Morgan fingerprint density at radius 2 is 1.97 bits per heavy atom. The second-order valence-electron chi connectivity index (χ2n) is 6.68. The lowest BCUT2D eigenvalue weighted by molar-refractivity contribution is -0.118. The lowest BCUT2D eigenvalue weighted by atomic mass is 10.2. The van der Waals surface area contributed by atoms with Crippen LogP contribution in [0.1, 0.15) is 22.5 Å². The number of halogens is 3. The van der Waals surface area contributed by atoms with E-state index in [0.29, 0.717) is 15.8 Å². The number of nitrogens with one attached hydrogen (secondary N) is 1. The Bertz CT molecular complexity index is 1100. The smallest absolute Gasteiger partial charge is 0.250 e. The number of aromatic nitrogens is 1. The van der Waals surface area contributed by atoms with Crippen molar-refractivity contribution in [3.63, 3.8) is 0 Å². The normalized spacial score (nSPS) is 11.2. The zero-order valence-corrected chi connectivity index (χ0v) is 20.4. The number of hydrazone groups is 1. The molecule has 0 aliphatic heterocycles. The SMILES string of the molecule is Cc1cc(/C=N/NC(=O)CSCc2cccc(Br)c2)c(C)n1-c1ccc(Cl)c(Cl)c1. The summed E-state index contributed by atoms with van der Waals surface area (Å²) in [7, 11) is 0. The van der Waals surface area contributed by atoms with Gasteiger partial charge >= 0.3 is 0 Å². The Morgan fingerprint density at radius 3 is 2.70 bits per heavy atom. The minimum Gasteiger partial charge on any atom is -0.318 e. The Hall–Kier alpha value is -1.73. The lowest BCUT2D eigenvalue weighted by Crippen LogP contribution is -2.19. The van der Waals surface area contributed by atoms with Gasteiger partial charge in [0.05, 0.1) is 22.0 Å². The molecule has 2 aromatic carbocycles. The molecule has 1 aromatic heterocycles. The van der Waals surface area contributed by atoms with Crippen LogP contribution in [0, 0.1) is 13.8 Å². The molecule has 30 heavy (non-hydrogen) atoms. The van der Waals surface area contributed by atoms with Crippen molar-refractivity contribution in [2.24, 2.45) is 5.10 Å². The summed E-state index contributed by atoms with van der Waals surface area (Å²) in [5, 5.41) is 5.14. The topological polar surface area (TPSA) is 46.4 Å². The highest BCUT2D eigenvalue weighted by molar-refractivity contribution is 9.10. The van der Waals surface area contributed by atoms with Crippen LogP contribution < -0.4 is 5.43 Å². The zero-order chi connectivity index (χ0) is 21.7. The van der Waals surface area contributed by atoms with Crippen LogP contribution in [0.3, 0.4) is 0 Å². The molecular formula is C22H20BrCl2N3OS. The van der Waals surface area contributed by atoms with Gasteiger partial charge in [-0.3, -0.25) is 4.79 Å². The lowest BCUT2D eigenvalue weighted by Gasteiger charge is -2.10. The molecule has 0 saturated heterocycles. The van der Waals surface area contributed by atoms with Crippen LogP contribution in [-0.2, 0) is 10.5 Å². The predicted octanol–water partition coefficient (Wildman–Crippen LogP) is 6.55. The van der Waals surface area contributed by atoms with Crippen LogP contribution in [0.2, 0.25) is 10.0 Å². The number of nitrogens with zero attached hydrogens (tertiary/aromatic N) is 2. The second-order valence-corrected chi connectivity index (χ2v) is 9.39. The number of thioether (sulfide) groups is 1. The van der Waals surface area contributed by atoms with Crippen molar-refractivity contribution in [1.29, 1.82) is 0 Å². The number of carbonyl (C=O) groups is 1. The van der Waals surface area contributed by atoms with Gasteiger partial charge < -0.3 is 4.57 Å². The van der Waals surface area contributed by atoms with Gasteiger partial charge in [-0.05, 0) is 55.8 Å². The third-order valence-corrected chi connectivity index (χ3v) is 6.65. The maximum Gasteiger partial charge on any atom is 0.250 e. The summed E-state index contributed by atoms with van der Waals surface area (Å²) in [5.74, 6) is 0.970. The molecule has 8 heteroatoms. The molecule has 0 fully saturated rings. The second kappa shape index (κ2) is 10.5. The Labute approximate surface area is 198 Å². The van der Waals surface area contributed by atoms with Gasteiger partial charge in [0.25, 0.3) is 0 Å². The first-order valence-electron chi connectivity index (χ1n) is 9.13. The number of benzene rings is 2. The first-order valence-corrected chi connectivity index (χ1v) is 11.8. The van der Waals surface area contributed by atoms with E-state index in [0.717, 1.165) is 32.9 Å². The van der Waals surface area contributed by atoms with E-state index in [1.807, 2.05) is 56.3 Å². The van der Waals surface area contributed by atoms with Gasteiger partial charge in [0.2, 0.25) is 5.91 Å². The first-order chi connectivity index (χ1) is 14.3. The molecule has 4 nitrogen and oxygen atoms in total. The molecule has 0 atom stereocenters. The number of amides is 1. The van der Waals surface area contributed by atoms with E-state index in [1.54, 1.807) is 24.0 Å². The highest BCUT2D eigenvalue weighted by Crippen LogP contribution is 2.27. The first kappa shape index (κ1) is 22.9. The van der Waals surface area contributed by atoms with Crippen molar-refractivity contribution < 1.29 is 4.79 Å². The van der Waals surface area contributed by atoms with Crippen molar-refractivity contribution >= 4 is 63.0 Å². The zero-order valence-electron chi connectivity index (χ0n) is 16.5. The monoisotopic (exact) mass is 523 g/mol. The van der Waals surface area contributed by atoms with E-state index < -0.39 is 0 Å². The highest BCUT2D eigenvalue weighted by Gasteiger charge is 2.11. The van der Waals surface area contributed by atoms with Gasteiger partial charge in [-0.2, -0.15) is 5.10 Å². The van der Waals surface area contributed by atoms with Crippen molar-refractivity contribution in [3.8, 4) is 5.69 Å². The van der Waals surface area contributed by atoms with Crippen LogP contribution in [0.5, 0.6) is 0 Å². The summed E-state index contributed by atoms with van der Waals surface area (Å²) in [6, 6.07) is 15.6. The van der Waals surface area contributed by atoms with Gasteiger partial charge in [-0.15, -0.1) is 11.8 Å². The van der Waals surface area contributed by atoms with E-state index >= 15 is 0 Å². The number of rotatable bonds is 7. The van der Waals surface area contributed by atoms with Gasteiger partial charge in [-0.1, -0.05) is 51.3 Å². The Kier molecular flexibility index (Phi) is 8.06. The molecule has 0 unspecified atom stereocenters. The van der Waals surface area contributed by atoms with E-state index in [-0.39, 0.29) is 5.91 Å². The molecule has 3 aromatic rings. The number of hydrogen-bond acceptors (Lipinski definition) is 3. The van der Waals surface area contributed by atoms with E-state index in [9.17, 15) is 4.79 Å². The molecule has 0 aliphatic rings. The molecule has 0 bridgehead atoms. The van der Waals surface area contributed by atoms with Crippen LogP contribution in [0.15, 0.2) is 58.1 Å². The Balaban J connectivity index is 1.58. The fraction of sp³-hybridized carbons (Fsp3) is 0.182. The van der Waals surface area contributed by atoms with Gasteiger partial charge in [0.1, 0.15) is 0 Å². The minimum absolute atomic E-state index is 0.135. The van der Waals surface area contributed by atoms with Crippen LogP contribution >= 0.6 is 50.9 Å². The van der Waals surface area contributed by atoms with Crippen molar-refractivity contribution in [3.05, 3.63) is 85.6 Å². The van der Waals surface area contributed by atoms with E-state index in [4.69, 9.17) is 23.2 Å². The summed E-state index contributed by atoms with van der Waals surface area (Å²) in [4.78, 5) is 12.1. The molecular weight excluding hydrogens is 505 g/mol. The summed E-state index contributed by atoms with van der Waals surface area (Å²) in [6.45, 7) is 4.00. The third kappa shape index (κ3) is 5.91. The van der Waals surface area contributed by atoms with E-state index in [1.165, 1.54) is 5.56 Å². The average molecular weight is 525 g/mol. The quantitative estimate of drug-likeness (QED) is 0.281. The molecule has 0 aliphatic carbocycles. The molecule has 0 saturated carbocycles. The summed E-state index contributed by atoms with van der Waals surface area (Å²) < 4.78 is 3.10. The maximum absolute atomic E-state index is 12.1. The van der Waals surface area contributed by atoms with Crippen molar-refractivity contribution in [2.75, 3.05) is 5.75 Å². The Morgan fingerprint density at radius 1 is 1.17 bits per heavy atom. The van der Waals surface area contributed by atoms with Gasteiger partial charge in [0.15, 0.2) is 0 Å². The molecule has 0 radical (unpaired) electrons. The summed E-state index contributed by atoms with van der Waals surface area (Å²) in [5.41, 5.74) is 7.63. The summed E-state index contributed by atoms with van der Waals surface area (Å²) in [6.07, 6.45) is 1.66. The third-order valence-electron chi connectivity index (χ3n) is 4.42. The minimum atomic E-state index is -0.135. The van der Waals surface area contributed by atoms with Crippen LogP contribution in [0.4, 0.5) is 0 Å². The summed E-state index contributed by atoms with van der Waals surface area (Å²) >= 11 is 17.2.